The molecule has 0 unspecified atom stereocenters. The molecule has 0 aliphatic heterocycles. The second-order valence-corrected chi connectivity index (χ2v) is 3.03. The van der Waals surface area contributed by atoms with Gasteiger partial charge in [0.25, 0.3) is 5.69 Å². The van der Waals surface area contributed by atoms with Gasteiger partial charge in [0.15, 0.2) is 0 Å². The molecular weight excluding hydrogens is 228 g/mol. The van der Waals surface area contributed by atoms with E-state index in [1.165, 1.54) is 0 Å². The molecule has 0 saturated carbocycles. The third-order valence-corrected chi connectivity index (χ3v) is 1.84. The summed E-state index contributed by atoms with van der Waals surface area (Å²) in [5.41, 5.74) is -0.282. The number of pyridine rings is 1. The fourth-order valence-electron chi connectivity index (χ4n) is 1.07. The Balaban J connectivity index is 2.83. The molecule has 2 N–H and O–H groups in total. The molecule has 0 radical (unpaired) electrons. The van der Waals surface area contributed by atoms with Crippen molar-refractivity contribution in [2.75, 3.05) is 11.9 Å². The van der Waals surface area contributed by atoms with Crippen LogP contribution in [-0.2, 0) is 4.79 Å². The summed E-state index contributed by atoms with van der Waals surface area (Å²) in [6.45, 7) is 0.0921. The molecule has 0 spiro atoms. The van der Waals surface area contributed by atoms with Gasteiger partial charge in [-0.05, 0) is 0 Å². The normalized spacial score (nSPS) is 9.35. The molecule has 88 valence electrons. The van der Waals surface area contributed by atoms with E-state index in [-0.39, 0.29) is 30.0 Å². The van der Waals surface area contributed by atoms with Gasteiger partial charge in [-0.25, -0.2) is 4.98 Å². The lowest BCUT2D eigenvalue weighted by atomic mass is 10.2. The zero-order valence-corrected chi connectivity index (χ0v) is 8.58. The van der Waals surface area contributed by atoms with Gasteiger partial charge < -0.3 is 10.4 Å². The summed E-state index contributed by atoms with van der Waals surface area (Å²) < 4.78 is 0. The first-order valence-electron chi connectivity index (χ1n) is 4.55. The van der Waals surface area contributed by atoms with E-state index in [4.69, 9.17) is 10.4 Å². The zero-order valence-electron chi connectivity index (χ0n) is 8.58. The predicted molar refractivity (Wildman–Crippen MR) is 56.3 cm³/mol. The van der Waals surface area contributed by atoms with E-state index >= 15 is 0 Å². The molecule has 0 saturated heterocycles. The van der Waals surface area contributed by atoms with Gasteiger partial charge in [0.2, 0.25) is 0 Å². The van der Waals surface area contributed by atoms with E-state index in [2.05, 4.69) is 10.3 Å². The minimum absolute atomic E-state index is 0.00425. The highest BCUT2D eigenvalue weighted by atomic mass is 16.6. The van der Waals surface area contributed by atoms with E-state index in [0.29, 0.717) is 0 Å². The van der Waals surface area contributed by atoms with Crippen molar-refractivity contribution in [3.63, 3.8) is 0 Å². The van der Waals surface area contributed by atoms with Crippen LogP contribution in [0.5, 0.6) is 0 Å². The van der Waals surface area contributed by atoms with Gasteiger partial charge in [0.05, 0.1) is 11.3 Å². The Kier molecular flexibility index (Phi) is 3.94. The maximum Gasteiger partial charge on any atom is 0.305 e. The number of aromatic nitrogens is 1. The first kappa shape index (κ1) is 12.4. The molecule has 17 heavy (non-hydrogen) atoms. The number of carboxylic acids is 1. The van der Waals surface area contributed by atoms with Crippen LogP contribution in [0.2, 0.25) is 0 Å². The fourth-order valence-corrected chi connectivity index (χ4v) is 1.07. The molecule has 0 bridgehead atoms. The Bertz CT molecular complexity index is 494. The van der Waals surface area contributed by atoms with Crippen molar-refractivity contribution in [2.45, 2.75) is 6.42 Å². The fraction of sp³-hybridized carbons (Fsp3) is 0.222. The highest BCUT2D eigenvalue weighted by Gasteiger charge is 2.11. The quantitative estimate of drug-likeness (QED) is 0.569. The summed E-state index contributed by atoms with van der Waals surface area (Å²) >= 11 is 0. The summed E-state index contributed by atoms with van der Waals surface area (Å²) in [5, 5.41) is 30.3. The first-order chi connectivity index (χ1) is 8.04. The number of carboxylic acid groups (broad SMARTS) is 1. The average molecular weight is 236 g/mol. The lowest BCUT2D eigenvalue weighted by Crippen LogP contribution is -2.10. The predicted octanol–water partition coefficient (Wildman–Crippen LogP) is 0.748. The number of nitriles is 1. The molecular formula is C9H8N4O4. The number of anilines is 1. The monoisotopic (exact) mass is 236 g/mol. The summed E-state index contributed by atoms with van der Waals surface area (Å²) in [6.07, 6.45) is 0.869. The largest absolute Gasteiger partial charge is 0.481 e. The number of nitrogens with zero attached hydrogens (tertiary/aromatic N) is 3. The third-order valence-electron chi connectivity index (χ3n) is 1.84. The number of nitrogens with one attached hydrogen (secondary N) is 1. The summed E-state index contributed by atoms with van der Waals surface area (Å²) in [4.78, 5) is 23.8. The van der Waals surface area contributed by atoms with Gasteiger partial charge in [-0.3, -0.25) is 14.9 Å². The molecule has 1 aromatic heterocycles. The second-order valence-electron chi connectivity index (χ2n) is 3.03. The highest BCUT2D eigenvalue weighted by molar-refractivity contribution is 5.67. The van der Waals surface area contributed by atoms with E-state index in [0.717, 1.165) is 12.3 Å². The molecule has 8 nitrogen and oxygen atoms in total. The maximum atomic E-state index is 10.4. The molecule has 0 amide bonds. The number of rotatable bonds is 5. The first-order valence-corrected chi connectivity index (χ1v) is 4.55. The maximum absolute atomic E-state index is 10.4. The van der Waals surface area contributed by atoms with Crippen LogP contribution >= 0.6 is 0 Å². The van der Waals surface area contributed by atoms with E-state index < -0.39 is 10.9 Å². The summed E-state index contributed by atoms with van der Waals surface area (Å²) in [6, 6.07) is 2.83. The molecule has 1 aromatic rings. The summed E-state index contributed by atoms with van der Waals surface area (Å²) in [7, 11) is 0. The van der Waals surface area contributed by atoms with Crippen LogP contribution in [-0.4, -0.2) is 27.5 Å². The van der Waals surface area contributed by atoms with E-state index in [9.17, 15) is 14.9 Å². The topological polar surface area (TPSA) is 129 Å². The molecule has 0 aromatic carbocycles. The van der Waals surface area contributed by atoms with Crippen molar-refractivity contribution in [1.82, 2.24) is 4.98 Å². The molecule has 0 aliphatic carbocycles. The SMILES string of the molecule is N#Cc1cc([N+](=O)[O-])cnc1NCCC(=O)O. The van der Waals surface area contributed by atoms with Crippen LogP contribution in [0.4, 0.5) is 11.5 Å². The Labute approximate surface area is 95.7 Å². The Morgan fingerprint density at radius 3 is 2.94 bits per heavy atom. The number of carbonyl (C=O) groups is 1. The molecule has 1 heterocycles. The van der Waals surface area contributed by atoms with Crippen molar-refractivity contribution < 1.29 is 14.8 Å². The number of hydrogen-bond donors (Lipinski definition) is 2. The Hall–Kier alpha value is -2.69. The highest BCUT2D eigenvalue weighted by Crippen LogP contribution is 2.17. The zero-order chi connectivity index (χ0) is 12.8. The molecule has 0 atom stereocenters. The number of hydrogen-bond acceptors (Lipinski definition) is 6. The van der Waals surface area contributed by atoms with Gasteiger partial charge in [0.1, 0.15) is 23.6 Å². The van der Waals surface area contributed by atoms with Gasteiger partial charge in [0, 0.05) is 12.6 Å². The minimum Gasteiger partial charge on any atom is -0.481 e. The van der Waals surface area contributed by atoms with Crippen LogP contribution in [0.1, 0.15) is 12.0 Å². The van der Waals surface area contributed by atoms with E-state index in [1.54, 1.807) is 6.07 Å². The minimum atomic E-state index is -0.988. The standard InChI is InChI=1S/C9H8N4O4/c10-4-6-3-7(13(16)17)5-12-9(6)11-2-1-8(14)15/h3,5H,1-2H2,(H,11,12)(H,14,15). The molecule has 0 fully saturated rings. The smallest absolute Gasteiger partial charge is 0.305 e. The lowest BCUT2D eigenvalue weighted by Gasteiger charge is -2.04. The van der Waals surface area contributed by atoms with Gasteiger partial charge in [-0.1, -0.05) is 0 Å². The third kappa shape index (κ3) is 3.42. The van der Waals surface area contributed by atoms with Crippen molar-refractivity contribution in [3.05, 3.63) is 27.9 Å². The van der Waals surface area contributed by atoms with Crippen LogP contribution in [0, 0.1) is 21.4 Å². The molecule has 8 heteroatoms. The molecule has 1 rings (SSSR count). The van der Waals surface area contributed by atoms with Crippen molar-refractivity contribution >= 4 is 17.5 Å². The van der Waals surface area contributed by atoms with Crippen LogP contribution in [0.15, 0.2) is 12.3 Å². The van der Waals surface area contributed by atoms with Crippen molar-refractivity contribution in [2.24, 2.45) is 0 Å². The van der Waals surface area contributed by atoms with Crippen LogP contribution in [0.3, 0.4) is 0 Å². The van der Waals surface area contributed by atoms with Gasteiger partial charge in [-0.2, -0.15) is 5.26 Å². The van der Waals surface area contributed by atoms with Crippen molar-refractivity contribution in [1.29, 1.82) is 5.26 Å². The number of aliphatic carboxylic acids is 1. The second kappa shape index (κ2) is 5.41. The number of nitro groups is 1. The average Bonchev–Trinajstić information content (AvgIpc) is 2.28. The van der Waals surface area contributed by atoms with Crippen LogP contribution in [0.25, 0.3) is 0 Å². The lowest BCUT2D eigenvalue weighted by molar-refractivity contribution is -0.385. The van der Waals surface area contributed by atoms with Crippen molar-refractivity contribution in [3.8, 4) is 6.07 Å². The van der Waals surface area contributed by atoms with Gasteiger partial charge >= 0.3 is 5.97 Å². The molecule has 0 aliphatic rings. The summed E-state index contributed by atoms with van der Waals surface area (Å²) in [5.74, 6) is -0.850. The van der Waals surface area contributed by atoms with Crippen LogP contribution < -0.4 is 5.32 Å². The Morgan fingerprint density at radius 2 is 2.41 bits per heavy atom. The van der Waals surface area contributed by atoms with E-state index in [1.807, 2.05) is 0 Å². The Morgan fingerprint density at radius 1 is 1.71 bits per heavy atom. The van der Waals surface area contributed by atoms with Gasteiger partial charge in [-0.15, -0.1) is 0 Å².